The number of aliphatic hydroxyl groups excluding tert-OH is 2. The molecule has 2 fully saturated rings. The Hall–Kier alpha value is -2.72. The normalized spacial score (nSPS) is 33.8. The van der Waals surface area contributed by atoms with E-state index in [0.717, 1.165) is 12.8 Å². The summed E-state index contributed by atoms with van der Waals surface area (Å²) in [6.07, 6.45) is 33.5. The van der Waals surface area contributed by atoms with Crippen molar-refractivity contribution in [3.63, 3.8) is 0 Å². The van der Waals surface area contributed by atoms with E-state index in [2.05, 4.69) is 154 Å². The van der Waals surface area contributed by atoms with Crippen molar-refractivity contribution in [1.82, 2.24) is 0 Å². The van der Waals surface area contributed by atoms with Crippen molar-refractivity contribution in [1.29, 1.82) is 0 Å². The van der Waals surface area contributed by atoms with Crippen LogP contribution in [0.15, 0.2) is 119 Å². The fourth-order valence-corrected chi connectivity index (χ4v) is 7.07. The Bertz CT molecular complexity index is 1320. The summed E-state index contributed by atoms with van der Waals surface area (Å²) in [5, 5.41) is 20.3. The highest BCUT2D eigenvalue weighted by Crippen LogP contribution is 2.66. The minimum atomic E-state index is -0.333. The molecule has 0 unspecified atom stereocenters. The number of epoxide rings is 1. The van der Waals surface area contributed by atoms with Gasteiger partial charge in [-0.15, -0.1) is 0 Å². The number of ether oxygens (including phenoxy) is 1. The Morgan fingerprint density at radius 1 is 0.721 bits per heavy atom. The van der Waals surface area contributed by atoms with Gasteiger partial charge in [-0.25, -0.2) is 0 Å². The minimum absolute atomic E-state index is 0.0547. The number of allylic oxidation sites excluding steroid dienone is 18. The molecular formula is C40H56O3. The molecule has 2 N–H and O–H groups in total. The van der Waals surface area contributed by atoms with Crippen LogP contribution < -0.4 is 0 Å². The van der Waals surface area contributed by atoms with Gasteiger partial charge in [-0.2, -0.15) is 0 Å². The molecule has 1 heterocycles. The molecule has 0 aromatic carbocycles. The van der Waals surface area contributed by atoms with Crippen molar-refractivity contribution in [3.8, 4) is 0 Å². The van der Waals surface area contributed by atoms with E-state index < -0.39 is 0 Å². The van der Waals surface area contributed by atoms with E-state index in [0.29, 0.717) is 12.3 Å². The average Bonchev–Trinajstić information content (AvgIpc) is 3.49. The quantitative estimate of drug-likeness (QED) is 0.153. The lowest BCUT2D eigenvalue weighted by atomic mass is 9.63. The van der Waals surface area contributed by atoms with Crippen LogP contribution in [0.25, 0.3) is 0 Å². The van der Waals surface area contributed by atoms with Gasteiger partial charge in [0.05, 0.1) is 12.2 Å². The van der Waals surface area contributed by atoms with Gasteiger partial charge in [-0.1, -0.05) is 141 Å². The SMILES string of the molecule is CC1=C[C@H](O)CC(C)(C)[C@H]1/C=C/C(C)=C/C=C/C(C)=C/C=C/C=C(C)/C=C/C=C(C)/C=C/[C@]12O[C@@]1(C)C[C@@H](O)CC2(C)C. The molecule has 3 aliphatic rings. The van der Waals surface area contributed by atoms with E-state index in [4.69, 9.17) is 4.74 Å². The predicted octanol–water partition coefficient (Wildman–Crippen LogP) is 9.61. The summed E-state index contributed by atoms with van der Waals surface area (Å²) >= 11 is 0. The van der Waals surface area contributed by atoms with Gasteiger partial charge in [-0.05, 0) is 65.9 Å². The molecule has 1 saturated carbocycles. The van der Waals surface area contributed by atoms with Crippen LogP contribution in [0.5, 0.6) is 0 Å². The maximum Gasteiger partial charge on any atom is 0.121 e. The van der Waals surface area contributed by atoms with E-state index in [9.17, 15) is 10.2 Å². The molecule has 3 nitrogen and oxygen atoms in total. The zero-order valence-corrected chi connectivity index (χ0v) is 28.3. The van der Waals surface area contributed by atoms with Crippen LogP contribution in [0, 0.1) is 16.7 Å². The van der Waals surface area contributed by atoms with Crippen molar-refractivity contribution in [2.24, 2.45) is 16.7 Å². The molecule has 1 saturated heterocycles. The molecule has 5 atom stereocenters. The summed E-state index contributed by atoms with van der Waals surface area (Å²) in [5.41, 5.74) is 5.38. The molecule has 0 aromatic heterocycles. The van der Waals surface area contributed by atoms with E-state index in [1.54, 1.807) is 0 Å². The Balaban J connectivity index is 1.49. The number of hydrogen-bond acceptors (Lipinski definition) is 3. The molecule has 234 valence electrons. The first-order valence-corrected chi connectivity index (χ1v) is 15.8. The third kappa shape index (κ3) is 8.91. The molecule has 0 spiro atoms. The van der Waals surface area contributed by atoms with E-state index in [1.165, 1.54) is 27.9 Å². The highest BCUT2D eigenvalue weighted by Gasteiger charge is 2.74. The van der Waals surface area contributed by atoms with Gasteiger partial charge >= 0.3 is 0 Å². The summed E-state index contributed by atoms with van der Waals surface area (Å²) in [6.45, 7) is 21.5. The van der Waals surface area contributed by atoms with Crippen LogP contribution in [0.4, 0.5) is 0 Å². The van der Waals surface area contributed by atoms with Crippen molar-refractivity contribution < 1.29 is 14.9 Å². The van der Waals surface area contributed by atoms with E-state index in [1.807, 2.05) is 6.08 Å². The van der Waals surface area contributed by atoms with Gasteiger partial charge < -0.3 is 14.9 Å². The van der Waals surface area contributed by atoms with Crippen molar-refractivity contribution >= 4 is 0 Å². The molecular weight excluding hydrogens is 528 g/mol. The summed E-state index contributed by atoms with van der Waals surface area (Å²) in [4.78, 5) is 0. The Kier molecular flexibility index (Phi) is 11.3. The Morgan fingerprint density at radius 3 is 1.77 bits per heavy atom. The molecule has 0 radical (unpaired) electrons. The van der Waals surface area contributed by atoms with E-state index >= 15 is 0 Å². The molecule has 3 rings (SSSR count). The van der Waals surface area contributed by atoms with Crippen molar-refractivity contribution in [2.75, 3.05) is 0 Å². The van der Waals surface area contributed by atoms with Crippen molar-refractivity contribution in [2.45, 2.75) is 112 Å². The smallest absolute Gasteiger partial charge is 0.121 e. The molecule has 0 aromatic rings. The monoisotopic (exact) mass is 584 g/mol. The third-order valence-corrected chi connectivity index (χ3v) is 9.43. The molecule has 3 heteroatoms. The zero-order chi connectivity index (χ0) is 32.1. The lowest BCUT2D eigenvalue weighted by Gasteiger charge is -2.39. The molecule has 43 heavy (non-hydrogen) atoms. The van der Waals surface area contributed by atoms with Crippen LogP contribution in [-0.2, 0) is 4.74 Å². The summed E-state index contributed by atoms with van der Waals surface area (Å²) in [6, 6.07) is 0. The van der Waals surface area contributed by atoms with Crippen LogP contribution in [0.1, 0.15) is 88.5 Å². The van der Waals surface area contributed by atoms with Crippen LogP contribution >= 0.6 is 0 Å². The van der Waals surface area contributed by atoms with Gasteiger partial charge in [0.15, 0.2) is 0 Å². The van der Waals surface area contributed by atoms with Crippen molar-refractivity contribution in [3.05, 3.63) is 119 Å². The largest absolute Gasteiger partial charge is 0.393 e. The molecule has 0 amide bonds. The fourth-order valence-electron chi connectivity index (χ4n) is 7.07. The Morgan fingerprint density at radius 2 is 1.23 bits per heavy atom. The van der Waals surface area contributed by atoms with Crippen LogP contribution in [0.3, 0.4) is 0 Å². The predicted molar refractivity (Wildman–Crippen MR) is 184 cm³/mol. The fraction of sp³-hybridized carbons (Fsp3) is 0.500. The maximum absolute atomic E-state index is 10.2. The zero-order valence-electron chi connectivity index (χ0n) is 28.3. The van der Waals surface area contributed by atoms with E-state index in [-0.39, 0.29) is 34.2 Å². The second-order valence-corrected chi connectivity index (χ2v) is 14.6. The standard InChI is InChI=1S/C40H56O3/c1-29(17-13-19-31(3)21-22-36-33(5)25-34(41)26-37(36,6)7)15-11-12-16-30(2)18-14-20-32(4)23-24-40-38(8,9)27-35(42)28-39(40,10)43-40/h11-25,34-36,41-42H,26-28H2,1-10H3/b12-11+,17-13+,18-14+,22-21+,24-23+,29-15+,30-16+,31-19+,32-20+/t34-,35-,36-,39-,40+/m0/s1. The first kappa shape index (κ1) is 34.8. The number of fused-ring (bicyclic) bond motifs is 1. The molecule has 0 bridgehead atoms. The van der Waals surface area contributed by atoms with Gasteiger partial charge in [0.2, 0.25) is 0 Å². The second kappa shape index (κ2) is 13.9. The van der Waals surface area contributed by atoms with Gasteiger partial charge in [0.25, 0.3) is 0 Å². The van der Waals surface area contributed by atoms with Gasteiger partial charge in [0.1, 0.15) is 11.2 Å². The summed E-state index contributed by atoms with van der Waals surface area (Å²) in [7, 11) is 0. The highest BCUT2D eigenvalue weighted by molar-refractivity contribution is 5.37. The minimum Gasteiger partial charge on any atom is -0.393 e. The first-order valence-electron chi connectivity index (χ1n) is 15.8. The van der Waals surface area contributed by atoms with Gasteiger partial charge in [-0.3, -0.25) is 0 Å². The third-order valence-electron chi connectivity index (χ3n) is 9.43. The lowest BCUT2D eigenvalue weighted by Crippen LogP contribution is -2.46. The second-order valence-electron chi connectivity index (χ2n) is 14.6. The number of aliphatic hydroxyl groups is 2. The lowest BCUT2D eigenvalue weighted by molar-refractivity contribution is 0.0515. The Labute approximate surface area is 262 Å². The summed E-state index contributed by atoms with van der Waals surface area (Å²) in [5.74, 6) is 0.345. The first-order chi connectivity index (χ1) is 20.0. The number of rotatable bonds is 10. The summed E-state index contributed by atoms with van der Waals surface area (Å²) < 4.78 is 6.25. The molecule has 1 aliphatic heterocycles. The maximum atomic E-state index is 10.2. The van der Waals surface area contributed by atoms with Crippen LogP contribution in [0.2, 0.25) is 0 Å². The molecule has 2 aliphatic carbocycles. The average molecular weight is 585 g/mol. The highest BCUT2D eigenvalue weighted by atomic mass is 16.6. The topological polar surface area (TPSA) is 53.0 Å². The number of hydrogen-bond donors (Lipinski definition) is 2. The van der Waals surface area contributed by atoms with Crippen LogP contribution in [-0.4, -0.2) is 33.6 Å². The van der Waals surface area contributed by atoms with Gasteiger partial charge in [0, 0.05) is 17.8 Å².